The molecule has 0 saturated carbocycles. The van der Waals surface area contributed by atoms with Crippen LogP contribution in [0.2, 0.25) is 0 Å². The highest BCUT2D eigenvalue weighted by molar-refractivity contribution is 6.02. The van der Waals surface area contributed by atoms with Crippen molar-refractivity contribution in [1.29, 1.82) is 0 Å². The van der Waals surface area contributed by atoms with Crippen molar-refractivity contribution in [3.05, 3.63) is 131 Å². The summed E-state index contributed by atoms with van der Waals surface area (Å²) < 4.78 is 8.38. The molecule has 2 aromatic carbocycles. The van der Waals surface area contributed by atoms with E-state index in [9.17, 15) is 0 Å². The maximum atomic E-state index is 6.28. The van der Waals surface area contributed by atoms with Crippen LogP contribution in [0.4, 0.5) is 0 Å². The highest BCUT2D eigenvalue weighted by Gasteiger charge is 2.14. The molecule has 0 atom stereocenters. The van der Waals surface area contributed by atoms with E-state index >= 15 is 0 Å². The third-order valence-corrected chi connectivity index (χ3v) is 5.38. The Morgan fingerprint density at radius 3 is 1.84 bits per heavy atom. The van der Waals surface area contributed by atoms with Gasteiger partial charge in [-0.05, 0) is 60.9 Å². The molecule has 0 spiro atoms. The first-order valence-electron chi connectivity index (χ1n) is 10.6. The van der Waals surface area contributed by atoms with Gasteiger partial charge >= 0.3 is 0 Å². The number of hydrogen-bond acceptors (Lipinski definition) is 1. The van der Waals surface area contributed by atoms with Crippen molar-refractivity contribution >= 4 is 17.0 Å². The van der Waals surface area contributed by atoms with E-state index in [1.807, 2.05) is 20.2 Å². The van der Waals surface area contributed by atoms with Crippen LogP contribution in [0.15, 0.2) is 108 Å². The predicted octanol–water partition coefficient (Wildman–Crippen LogP) is 6.41. The maximum Gasteiger partial charge on any atom is 0.199 e. The summed E-state index contributed by atoms with van der Waals surface area (Å²) in [7, 11) is 4.10. The Morgan fingerprint density at radius 1 is 0.677 bits per heavy atom. The van der Waals surface area contributed by atoms with Crippen LogP contribution in [0.3, 0.4) is 0 Å². The van der Waals surface area contributed by atoms with E-state index < -0.39 is 0 Å². The molecule has 2 aromatic rings. The molecule has 0 radical (unpaired) electrons. The summed E-state index contributed by atoms with van der Waals surface area (Å²) >= 11 is 0. The minimum absolute atomic E-state index is 0.824. The second-order valence-electron chi connectivity index (χ2n) is 8.16. The Balaban J connectivity index is 1.69. The van der Waals surface area contributed by atoms with Gasteiger partial charge in [0.05, 0.1) is 0 Å². The predicted molar refractivity (Wildman–Crippen MR) is 131 cm³/mol. The molecule has 0 aromatic heterocycles. The van der Waals surface area contributed by atoms with Crippen LogP contribution in [0.5, 0.6) is 0 Å². The number of hydrogen-bond donors (Lipinski definition) is 0. The molecule has 1 aliphatic heterocycles. The molecule has 154 valence electrons. The maximum absolute atomic E-state index is 6.28. The van der Waals surface area contributed by atoms with E-state index in [2.05, 4.69) is 109 Å². The largest absolute Gasteiger partial charge is 0.457 e. The Labute approximate surface area is 185 Å². The van der Waals surface area contributed by atoms with E-state index in [1.165, 1.54) is 22.4 Å². The fraction of sp³-hybridized carbons (Fsp3) is 0.138. The Bertz CT molecular complexity index is 1170. The molecule has 0 N–H and O–H groups in total. The van der Waals surface area contributed by atoms with Crippen LogP contribution in [-0.2, 0) is 4.74 Å². The number of ether oxygens (including phenoxy) is 1. The highest BCUT2D eigenvalue weighted by Crippen LogP contribution is 2.32. The van der Waals surface area contributed by atoms with Crippen molar-refractivity contribution in [2.75, 3.05) is 14.1 Å². The zero-order chi connectivity index (χ0) is 21.8. The van der Waals surface area contributed by atoms with Gasteiger partial charge in [0, 0.05) is 17.7 Å². The van der Waals surface area contributed by atoms with Crippen molar-refractivity contribution in [2.24, 2.45) is 0 Å². The van der Waals surface area contributed by atoms with Gasteiger partial charge in [-0.1, -0.05) is 65.7 Å². The van der Waals surface area contributed by atoms with Gasteiger partial charge in [0.15, 0.2) is 5.71 Å². The van der Waals surface area contributed by atoms with Crippen molar-refractivity contribution < 1.29 is 9.31 Å². The van der Waals surface area contributed by atoms with Gasteiger partial charge in [-0.25, -0.2) is 4.58 Å². The summed E-state index contributed by atoms with van der Waals surface area (Å²) in [5, 5.41) is 0. The standard InChI is InChI=1S/C29H28NO/c1-21-5-12-24(13-6-21)26-19-28(18-11-23-9-16-27(17-10-23)30(3)4)31-29(20-26)25-14-7-22(2)8-15-25/h5-20H,1-4H3/q+1/b28-18+. The fourth-order valence-electron chi connectivity index (χ4n) is 3.44. The molecule has 0 bridgehead atoms. The number of allylic oxidation sites excluding steroid dienone is 10. The molecule has 0 unspecified atom stereocenters. The third-order valence-electron chi connectivity index (χ3n) is 5.38. The molecule has 2 heteroatoms. The third kappa shape index (κ3) is 5.10. The molecule has 0 fully saturated rings. The topological polar surface area (TPSA) is 12.2 Å². The SMILES string of the molecule is Cc1ccc(C2=C/C(=C\C=C3C=CC(=[N+](C)C)C=C3)OC(c3ccc(C)cc3)=C2)cc1. The Morgan fingerprint density at radius 2 is 1.26 bits per heavy atom. The molecule has 4 rings (SSSR count). The first kappa shape index (κ1) is 20.6. The lowest BCUT2D eigenvalue weighted by molar-refractivity contribution is -0.462. The van der Waals surface area contributed by atoms with Crippen LogP contribution in [0.1, 0.15) is 22.3 Å². The molecule has 2 aliphatic rings. The lowest BCUT2D eigenvalue weighted by Crippen LogP contribution is -2.09. The Hall–Kier alpha value is -3.65. The highest BCUT2D eigenvalue weighted by atomic mass is 16.5. The average Bonchev–Trinajstić information content (AvgIpc) is 2.79. The summed E-state index contributed by atoms with van der Waals surface area (Å²) in [5.74, 6) is 1.69. The fourth-order valence-corrected chi connectivity index (χ4v) is 3.44. The van der Waals surface area contributed by atoms with Crippen LogP contribution in [0.25, 0.3) is 11.3 Å². The van der Waals surface area contributed by atoms with Crippen molar-refractivity contribution in [3.8, 4) is 0 Å². The number of benzene rings is 2. The zero-order valence-corrected chi connectivity index (χ0v) is 18.6. The van der Waals surface area contributed by atoms with Crippen LogP contribution in [-0.4, -0.2) is 24.4 Å². The lowest BCUT2D eigenvalue weighted by atomic mass is 9.99. The van der Waals surface area contributed by atoms with Gasteiger partial charge in [0.1, 0.15) is 25.6 Å². The normalized spacial score (nSPS) is 16.7. The molecule has 2 nitrogen and oxygen atoms in total. The molecule has 31 heavy (non-hydrogen) atoms. The van der Waals surface area contributed by atoms with Gasteiger partial charge in [-0.15, -0.1) is 0 Å². The second-order valence-corrected chi connectivity index (χ2v) is 8.16. The van der Waals surface area contributed by atoms with E-state index in [4.69, 9.17) is 4.74 Å². The van der Waals surface area contributed by atoms with Crippen LogP contribution < -0.4 is 0 Å². The van der Waals surface area contributed by atoms with E-state index in [1.54, 1.807) is 0 Å². The first-order valence-corrected chi connectivity index (χ1v) is 10.6. The molecule has 1 aliphatic carbocycles. The molecule has 1 heterocycles. The van der Waals surface area contributed by atoms with Crippen LogP contribution >= 0.6 is 0 Å². The lowest BCUT2D eigenvalue weighted by Gasteiger charge is -2.18. The monoisotopic (exact) mass is 406 g/mol. The summed E-state index contributed by atoms with van der Waals surface area (Å²) in [4.78, 5) is 0. The minimum Gasteiger partial charge on any atom is -0.457 e. The van der Waals surface area contributed by atoms with E-state index in [0.29, 0.717) is 0 Å². The Kier molecular flexibility index (Phi) is 5.99. The summed E-state index contributed by atoms with van der Waals surface area (Å²) in [6, 6.07) is 17.1. The van der Waals surface area contributed by atoms with Gasteiger partial charge in [-0.2, -0.15) is 0 Å². The van der Waals surface area contributed by atoms with Crippen LogP contribution in [0, 0.1) is 13.8 Å². The quantitative estimate of drug-likeness (QED) is 0.537. The molecule has 0 saturated heterocycles. The second kappa shape index (κ2) is 9.01. The molecule has 0 amide bonds. The van der Waals surface area contributed by atoms with E-state index in [0.717, 1.165) is 28.2 Å². The van der Waals surface area contributed by atoms with Gasteiger partial charge in [-0.3, -0.25) is 0 Å². The summed E-state index contributed by atoms with van der Waals surface area (Å²) in [6.45, 7) is 4.21. The number of aryl methyl sites for hydroxylation is 2. The number of nitrogens with zero attached hydrogens (tertiary/aromatic N) is 1. The van der Waals surface area contributed by atoms with Crippen molar-refractivity contribution in [3.63, 3.8) is 0 Å². The van der Waals surface area contributed by atoms with Gasteiger partial charge in [0.2, 0.25) is 0 Å². The molecular formula is C29H28NO+. The summed E-state index contributed by atoms with van der Waals surface area (Å²) in [5.41, 5.74) is 8.21. The minimum atomic E-state index is 0.824. The smallest absolute Gasteiger partial charge is 0.199 e. The average molecular weight is 407 g/mol. The van der Waals surface area contributed by atoms with E-state index in [-0.39, 0.29) is 0 Å². The van der Waals surface area contributed by atoms with Gasteiger partial charge in [0.25, 0.3) is 0 Å². The van der Waals surface area contributed by atoms with Crippen molar-refractivity contribution in [1.82, 2.24) is 0 Å². The van der Waals surface area contributed by atoms with Gasteiger partial charge < -0.3 is 4.74 Å². The number of rotatable bonds is 3. The summed E-state index contributed by atoms with van der Waals surface area (Å²) in [6.07, 6.45) is 16.9. The first-order chi connectivity index (χ1) is 15.0. The zero-order valence-electron chi connectivity index (χ0n) is 18.6. The van der Waals surface area contributed by atoms with Crippen molar-refractivity contribution in [2.45, 2.75) is 13.8 Å². The molecular weight excluding hydrogens is 378 g/mol.